The van der Waals surface area contributed by atoms with Crippen molar-refractivity contribution in [2.75, 3.05) is 81.8 Å². The molecule has 4 aromatic rings. The van der Waals surface area contributed by atoms with Crippen molar-refractivity contribution in [1.29, 1.82) is 0 Å². The summed E-state index contributed by atoms with van der Waals surface area (Å²) in [5.74, 6) is 5.60. The molecule has 3 saturated heterocycles. The van der Waals surface area contributed by atoms with Crippen LogP contribution in [0.4, 0.5) is 42.0 Å². The zero-order chi connectivity index (χ0) is 48.2. The van der Waals surface area contributed by atoms with Crippen molar-refractivity contribution < 1.29 is 36.9 Å². The van der Waals surface area contributed by atoms with Crippen molar-refractivity contribution in [3.8, 4) is 17.6 Å². The lowest BCUT2D eigenvalue weighted by atomic mass is 9.99. The van der Waals surface area contributed by atoms with Gasteiger partial charge < -0.3 is 34.6 Å². The summed E-state index contributed by atoms with van der Waals surface area (Å²) in [5.41, 5.74) is 1.93. The Morgan fingerprint density at radius 3 is 2.41 bits per heavy atom. The molecular formula is C49H56ClF3N9O5P. The van der Waals surface area contributed by atoms with E-state index in [4.69, 9.17) is 16.3 Å². The minimum Gasteiger partial charge on any atom is -0.494 e. The number of methoxy groups -OCH3 is 1. The number of amides is 3. The molecule has 1 atom stereocenters. The van der Waals surface area contributed by atoms with E-state index in [1.54, 1.807) is 20.4 Å². The molecule has 19 heteroatoms. The van der Waals surface area contributed by atoms with Crippen molar-refractivity contribution in [2.24, 2.45) is 0 Å². The highest BCUT2D eigenvalue weighted by Gasteiger charge is 2.42. The van der Waals surface area contributed by atoms with Gasteiger partial charge in [0.05, 0.1) is 30.2 Å². The number of ether oxygens (including phenoxy) is 1. The number of benzene rings is 3. The molecular weight excluding hydrogens is 918 g/mol. The summed E-state index contributed by atoms with van der Waals surface area (Å²) in [4.78, 5) is 55.2. The number of para-hydroxylation sites is 1. The van der Waals surface area contributed by atoms with Crippen LogP contribution >= 0.6 is 18.7 Å². The van der Waals surface area contributed by atoms with Crippen molar-refractivity contribution in [3.05, 3.63) is 88.1 Å². The molecule has 0 aliphatic carbocycles. The Morgan fingerprint density at radius 2 is 1.69 bits per heavy atom. The molecule has 1 unspecified atom stereocenters. The van der Waals surface area contributed by atoms with Crippen LogP contribution in [0.25, 0.3) is 0 Å². The number of hydrogen-bond acceptors (Lipinski definition) is 12. The fourth-order valence-corrected chi connectivity index (χ4v) is 10.7. The number of nitrogens with one attached hydrogen (secondary N) is 3. The smallest absolute Gasteiger partial charge is 0.416 e. The van der Waals surface area contributed by atoms with E-state index in [1.807, 2.05) is 36.4 Å². The molecule has 3 amide bonds. The maximum Gasteiger partial charge on any atom is 0.416 e. The quantitative estimate of drug-likeness (QED) is 0.0489. The van der Waals surface area contributed by atoms with Gasteiger partial charge in [0.1, 0.15) is 24.0 Å². The van der Waals surface area contributed by atoms with Crippen LogP contribution in [0, 0.1) is 11.8 Å². The van der Waals surface area contributed by atoms with Crippen LogP contribution in [0.15, 0.2) is 60.8 Å². The summed E-state index contributed by atoms with van der Waals surface area (Å²) < 4.78 is 60.3. The maximum atomic E-state index is 13.8. The molecule has 3 fully saturated rings. The van der Waals surface area contributed by atoms with Crippen molar-refractivity contribution in [3.63, 3.8) is 0 Å². The monoisotopic (exact) mass is 973 g/mol. The van der Waals surface area contributed by atoms with Gasteiger partial charge in [-0.3, -0.25) is 24.6 Å². The van der Waals surface area contributed by atoms with Crippen LogP contribution in [0.5, 0.6) is 5.75 Å². The number of carbonyl (C=O) groups is 3. The third kappa shape index (κ3) is 11.4. The summed E-state index contributed by atoms with van der Waals surface area (Å²) in [6, 6.07) is 14.9. The fraction of sp³-hybridized carbons (Fsp3) is 0.449. The van der Waals surface area contributed by atoms with Crippen LogP contribution in [0.1, 0.15) is 78.4 Å². The third-order valence-corrected chi connectivity index (χ3v) is 15.0. The topological polar surface area (TPSA) is 152 Å². The summed E-state index contributed by atoms with van der Waals surface area (Å²) >= 11 is 6.48. The fourth-order valence-electron chi connectivity index (χ4n) is 9.45. The number of hydrogen-bond donors (Lipinski definition) is 3. The summed E-state index contributed by atoms with van der Waals surface area (Å²) in [6.45, 7) is 10.3. The average Bonchev–Trinajstić information content (AvgIpc) is 3.65. The average molecular weight is 974 g/mol. The molecule has 5 heterocycles. The standard InChI is InChI=1S/C49H56ClF3N9O5P/c1-67-42-29-35(14-15-39(42)56-48-54-30-38(50)45(58-48)55-40-12-8-9-13-43(40)68(2,3)66)60-21-18-34(19-22-60)61-25-23-59(24-26-61)20-10-6-4-5-7-11-32-27-33(49(51,52)53)28-36-37(32)31-62(47(36)65)41-16-17-44(63)57-46(41)64/h8-9,12-15,27-30,34,41H,4-6,10,16-26,31H2,1-3H3,(H,57,63,64)(H2,54,55,56,58). The lowest BCUT2D eigenvalue weighted by Crippen LogP contribution is -2.53. The summed E-state index contributed by atoms with van der Waals surface area (Å²) in [7, 11) is -0.928. The number of unbranched alkanes of at least 4 members (excludes halogenated alkanes) is 3. The zero-order valence-corrected chi connectivity index (χ0v) is 40.1. The predicted molar refractivity (Wildman–Crippen MR) is 258 cm³/mol. The van der Waals surface area contributed by atoms with Gasteiger partial charge in [0.15, 0.2) is 5.82 Å². The van der Waals surface area contributed by atoms with E-state index in [0.29, 0.717) is 57.2 Å². The summed E-state index contributed by atoms with van der Waals surface area (Å²) in [5, 5.41) is 9.76. The lowest BCUT2D eigenvalue weighted by Gasteiger charge is -2.43. The van der Waals surface area contributed by atoms with Gasteiger partial charge in [-0.25, -0.2) is 4.98 Å². The highest BCUT2D eigenvalue weighted by atomic mass is 35.5. The maximum absolute atomic E-state index is 13.8. The van der Waals surface area contributed by atoms with Gasteiger partial charge in [0.2, 0.25) is 17.8 Å². The SMILES string of the molecule is COc1cc(N2CCC(N3CCN(CCCCCC#Cc4cc(C(F)(F)F)cc5c4CN(C4CCC(=O)NC4=O)C5=O)CC3)CC2)ccc1Nc1ncc(Cl)c(Nc2ccccc2P(C)(C)=O)n1. The number of rotatable bonds is 14. The molecule has 0 saturated carbocycles. The van der Waals surface area contributed by atoms with E-state index >= 15 is 0 Å². The molecule has 4 aliphatic heterocycles. The largest absolute Gasteiger partial charge is 0.494 e. The molecule has 14 nitrogen and oxygen atoms in total. The Bertz CT molecular complexity index is 2660. The van der Waals surface area contributed by atoms with Crippen molar-refractivity contribution in [2.45, 2.75) is 76.2 Å². The number of imide groups is 1. The molecule has 8 rings (SSSR count). The first-order valence-corrected chi connectivity index (χ1v) is 26.0. The molecule has 3 aromatic carbocycles. The first kappa shape index (κ1) is 48.8. The second-order valence-electron chi connectivity index (χ2n) is 18.0. The van der Waals surface area contributed by atoms with E-state index in [0.717, 1.165) is 95.7 Å². The Morgan fingerprint density at radius 1 is 0.926 bits per heavy atom. The highest BCUT2D eigenvalue weighted by molar-refractivity contribution is 7.70. The van der Waals surface area contributed by atoms with E-state index in [2.05, 4.69) is 58.5 Å². The Labute approximate surface area is 399 Å². The number of fused-ring (bicyclic) bond motifs is 1. The van der Waals surface area contributed by atoms with Gasteiger partial charge in [0.25, 0.3) is 5.91 Å². The van der Waals surface area contributed by atoms with E-state index in [1.165, 1.54) is 11.1 Å². The van der Waals surface area contributed by atoms with Crippen molar-refractivity contribution in [1.82, 2.24) is 30.0 Å². The van der Waals surface area contributed by atoms with Crippen LogP contribution in [-0.4, -0.2) is 121 Å². The van der Waals surface area contributed by atoms with Crippen LogP contribution in [0.2, 0.25) is 5.02 Å². The van der Waals surface area contributed by atoms with Gasteiger partial charge in [-0.1, -0.05) is 42.0 Å². The number of piperazine rings is 1. The minimum atomic E-state index is -4.67. The number of aromatic nitrogens is 2. The van der Waals surface area contributed by atoms with E-state index in [9.17, 15) is 32.1 Å². The molecule has 3 N–H and O–H groups in total. The lowest BCUT2D eigenvalue weighted by molar-refractivity contribution is -0.138. The molecule has 4 aliphatic rings. The van der Waals surface area contributed by atoms with Gasteiger partial charge in [-0.15, -0.1) is 0 Å². The normalized spacial score (nSPS) is 18.5. The first-order valence-electron chi connectivity index (χ1n) is 23.0. The number of alkyl halides is 3. The van der Waals surface area contributed by atoms with Crippen LogP contribution < -0.4 is 30.9 Å². The first-order chi connectivity index (χ1) is 32.5. The van der Waals surface area contributed by atoms with Gasteiger partial charge in [-0.05, 0) is 93.9 Å². The number of halogens is 4. The predicted octanol–water partition coefficient (Wildman–Crippen LogP) is 7.85. The molecule has 360 valence electrons. The molecule has 0 spiro atoms. The highest BCUT2D eigenvalue weighted by Crippen LogP contribution is 2.40. The van der Waals surface area contributed by atoms with E-state index < -0.39 is 42.6 Å². The minimum absolute atomic E-state index is 0.0363. The Kier molecular flexibility index (Phi) is 15.0. The van der Waals surface area contributed by atoms with Gasteiger partial charge in [-0.2, -0.15) is 18.2 Å². The Hall–Kier alpha value is -5.66. The number of nitrogens with zero attached hydrogens (tertiary/aromatic N) is 6. The number of carbonyl (C=O) groups excluding carboxylic acids is 3. The van der Waals surface area contributed by atoms with Gasteiger partial charge in [0, 0.05) is 92.9 Å². The van der Waals surface area contributed by atoms with Crippen LogP contribution in [-0.2, 0) is 26.9 Å². The second-order valence-corrected chi connectivity index (χ2v) is 21.6. The van der Waals surface area contributed by atoms with Crippen molar-refractivity contribution >= 4 is 70.6 Å². The zero-order valence-electron chi connectivity index (χ0n) is 38.4. The summed E-state index contributed by atoms with van der Waals surface area (Å²) in [6.07, 6.45) is 2.38. The second kappa shape index (κ2) is 20.9. The van der Waals surface area contributed by atoms with Gasteiger partial charge >= 0.3 is 6.18 Å². The third-order valence-electron chi connectivity index (χ3n) is 13.1. The molecule has 68 heavy (non-hydrogen) atoms. The number of anilines is 5. The van der Waals surface area contributed by atoms with Crippen LogP contribution in [0.3, 0.4) is 0 Å². The Balaban J connectivity index is 0.768. The molecule has 1 aromatic heterocycles. The molecule has 0 radical (unpaired) electrons. The molecule has 0 bridgehead atoms. The number of piperidine rings is 2. The van der Waals surface area contributed by atoms with E-state index in [-0.39, 0.29) is 30.5 Å².